The van der Waals surface area contributed by atoms with E-state index in [1.807, 2.05) is 24.3 Å². The van der Waals surface area contributed by atoms with Gasteiger partial charge in [0.15, 0.2) is 14.7 Å². The molecule has 128 valence electrons. The second-order valence-electron chi connectivity index (χ2n) is 6.99. The number of rotatable bonds is 3. The number of hydrogen-bond acceptors (Lipinski definition) is 0. The van der Waals surface area contributed by atoms with Crippen molar-refractivity contribution in [3.05, 3.63) is 88.4 Å². The molecule has 3 rings (SSSR count). The van der Waals surface area contributed by atoms with Crippen LogP contribution in [0.1, 0.15) is 26.3 Å². The van der Waals surface area contributed by atoms with Gasteiger partial charge in [-0.15, -0.1) is 0 Å². The molecule has 3 aromatic carbocycles. The molecule has 0 bridgehead atoms. The minimum Gasteiger partial charge on any atom is -0.0843 e. The number of hydrogen-bond donors (Lipinski definition) is 0. The summed E-state index contributed by atoms with van der Waals surface area (Å²) in [7, 11) is -0.184. The Balaban J connectivity index is 2.07. The second kappa shape index (κ2) is 7.45. The lowest BCUT2D eigenvalue weighted by molar-refractivity contribution is 0.589. The summed E-state index contributed by atoms with van der Waals surface area (Å²) in [4.78, 5) is 3.78. The van der Waals surface area contributed by atoms with Gasteiger partial charge in [0.2, 0.25) is 0 Å². The molecule has 0 aromatic heterocycles. The van der Waals surface area contributed by atoms with Gasteiger partial charge in [-0.25, -0.2) is 0 Å². The third-order valence-corrected chi connectivity index (χ3v) is 6.79. The third kappa shape index (κ3) is 4.41. The second-order valence-corrected chi connectivity index (χ2v) is 9.89. The first kappa shape index (κ1) is 18.4. The largest absolute Gasteiger partial charge is 0.166 e. The summed E-state index contributed by atoms with van der Waals surface area (Å²) in [5, 5.41) is 1.51. The van der Waals surface area contributed by atoms with Gasteiger partial charge in [-0.3, -0.25) is 0 Å². The zero-order valence-electron chi connectivity index (χ0n) is 14.6. The summed E-state index contributed by atoms with van der Waals surface area (Å²) in [6.45, 7) is 6.71. The molecule has 0 amide bonds. The van der Waals surface area contributed by atoms with Crippen molar-refractivity contribution in [3.63, 3.8) is 0 Å². The maximum Gasteiger partial charge on any atom is 0.166 e. The van der Waals surface area contributed by atoms with E-state index in [2.05, 4.69) is 69.3 Å². The maximum absolute atomic E-state index is 6.09. The van der Waals surface area contributed by atoms with E-state index in [9.17, 15) is 0 Å². The molecule has 0 aliphatic heterocycles. The van der Waals surface area contributed by atoms with Crippen LogP contribution in [0, 0.1) is 0 Å². The first-order valence-electron chi connectivity index (χ1n) is 8.20. The molecule has 0 heterocycles. The Morgan fingerprint density at radius 2 is 0.880 bits per heavy atom. The van der Waals surface area contributed by atoms with E-state index in [4.69, 9.17) is 23.2 Å². The molecular formula is C22H21Cl2S+. The molecule has 0 radical (unpaired) electrons. The molecule has 0 saturated heterocycles. The van der Waals surface area contributed by atoms with E-state index < -0.39 is 0 Å². The predicted octanol–water partition coefficient (Wildman–Crippen LogP) is 7.39. The molecule has 3 aromatic rings. The van der Waals surface area contributed by atoms with E-state index in [0.717, 1.165) is 10.0 Å². The molecule has 3 heteroatoms. The maximum atomic E-state index is 6.09. The first-order valence-corrected chi connectivity index (χ1v) is 10.2. The van der Waals surface area contributed by atoms with Crippen LogP contribution in [-0.2, 0) is 16.3 Å². The van der Waals surface area contributed by atoms with Crippen molar-refractivity contribution in [1.82, 2.24) is 0 Å². The van der Waals surface area contributed by atoms with Crippen LogP contribution in [0.25, 0.3) is 0 Å². The summed E-state index contributed by atoms with van der Waals surface area (Å²) < 4.78 is 0. The molecule has 0 nitrogen and oxygen atoms in total. The lowest BCUT2D eigenvalue weighted by Crippen LogP contribution is -2.11. The highest BCUT2D eigenvalue weighted by Gasteiger charge is 2.29. The first-order chi connectivity index (χ1) is 11.8. The van der Waals surface area contributed by atoms with Crippen molar-refractivity contribution in [2.45, 2.75) is 40.9 Å². The quantitative estimate of drug-likeness (QED) is 0.411. The minimum atomic E-state index is -0.184. The molecule has 0 unspecified atom stereocenters. The van der Waals surface area contributed by atoms with Crippen LogP contribution in [0.4, 0.5) is 0 Å². The molecule has 0 saturated carbocycles. The molecule has 0 N–H and O–H groups in total. The smallest absolute Gasteiger partial charge is 0.0843 e. The van der Waals surface area contributed by atoms with Crippen LogP contribution in [0.5, 0.6) is 0 Å². The Morgan fingerprint density at radius 1 is 0.560 bits per heavy atom. The Kier molecular flexibility index (Phi) is 5.48. The summed E-state index contributed by atoms with van der Waals surface area (Å²) in [5.74, 6) is 0. The van der Waals surface area contributed by atoms with Crippen LogP contribution < -0.4 is 0 Å². The Hall–Kier alpha value is -1.41. The molecule has 25 heavy (non-hydrogen) atoms. The average Bonchev–Trinajstić information content (AvgIpc) is 2.58. The summed E-state index contributed by atoms with van der Waals surface area (Å²) in [5.41, 5.74) is 1.49. The van der Waals surface area contributed by atoms with Crippen LogP contribution in [0.3, 0.4) is 0 Å². The molecule has 0 aliphatic rings. The van der Waals surface area contributed by atoms with Gasteiger partial charge in [-0.05, 0) is 71.6 Å². The number of benzene rings is 3. The number of halogens is 2. The van der Waals surface area contributed by atoms with Gasteiger partial charge >= 0.3 is 0 Å². The fraction of sp³-hybridized carbons (Fsp3) is 0.182. The Bertz CT molecular complexity index is 784. The summed E-state index contributed by atoms with van der Waals surface area (Å²) in [6.07, 6.45) is 0. The Labute approximate surface area is 163 Å². The van der Waals surface area contributed by atoms with Gasteiger partial charge in [0.05, 0.1) is 10.9 Å². The van der Waals surface area contributed by atoms with Crippen molar-refractivity contribution in [1.29, 1.82) is 0 Å². The molecule has 0 aliphatic carbocycles. The highest BCUT2D eigenvalue weighted by molar-refractivity contribution is 7.97. The predicted molar refractivity (Wildman–Crippen MR) is 110 cm³/mol. The van der Waals surface area contributed by atoms with Gasteiger partial charge in [0.25, 0.3) is 0 Å². The standard InChI is InChI=1S/C22H21Cl2S/c1-22(2,3)16-4-10-19(11-5-16)25(20-12-6-17(23)7-13-20)21-14-8-18(24)9-15-21/h4-15H,1-3H3/q+1. The highest BCUT2D eigenvalue weighted by atomic mass is 35.5. The van der Waals surface area contributed by atoms with Crippen molar-refractivity contribution in [2.75, 3.05) is 0 Å². The van der Waals surface area contributed by atoms with E-state index >= 15 is 0 Å². The molecule has 0 spiro atoms. The lowest BCUT2D eigenvalue weighted by Gasteiger charge is -2.19. The fourth-order valence-electron chi connectivity index (χ4n) is 2.64. The van der Waals surface area contributed by atoms with E-state index in [-0.39, 0.29) is 16.3 Å². The van der Waals surface area contributed by atoms with Crippen molar-refractivity contribution < 1.29 is 0 Å². The van der Waals surface area contributed by atoms with Crippen LogP contribution in [0.15, 0.2) is 87.5 Å². The van der Waals surface area contributed by atoms with Gasteiger partial charge in [-0.1, -0.05) is 56.1 Å². The average molecular weight is 388 g/mol. The highest BCUT2D eigenvalue weighted by Crippen LogP contribution is 2.33. The Morgan fingerprint density at radius 3 is 1.20 bits per heavy atom. The van der Waals surface area contributed by atoms with Crippen molar-refractivity contribution >= 4 is 34.1 Å². The van der Waals surface area contributed by atoms with E-state index in [0.29, 0.717) is 0 Å². The monoisotopic (exact) mass is 387 g/mol. The normalized spacial score (nSPS) is 11.8. The topological polar surface area (TPSA) is 0 Å². The van der Waals surface area contributed by atoms with Crippen molar-refractivity contribution in [3.8, 4) is 0 Å². The van der Waals surface area contributed by atoms with Gasteiger partial charge in [0.1, 0.15) is 0 Å². The lowest BCUT2D eigenvalue weighted by atomic mass is 9.87. The van der Waals surface area contributed by atoms with Crippen LogP contribution in [-0.4, -0.2) is 0 Å². The third-order valence-electron chi connectivity index (χ3n) is 4.05. The molecule has 0 fully saturated rings. The SMILES string of the molecule is CC(C)(C)c1ccc([S+](c2ccc(Cl)cc2)c2ccc(Cl)cc2)cc1. The van der Waals surface area contributed by atoms with Gasteiger partial charge < -0.3 is 0 Å². The van der Waals surface area contributed by atoms with E-state index in [1.54, 1.807) is 0 Å². The van der Waals surface area contributed by atoms with Gasteiger partial charge in [-0.2, -0.15) is 0 Å². The summed E-state index contributed by atoms with van der Waals surface area (Å²) in [6, 6.07) is 25.2. The fourth-order valence-corrected chi connectivity index (χ4v) is 4.93. The van der Waals surface area contributed by atoms with Crippen molar-refractivity contribution in [2.24, 2.45) is 0 Å². The minimum absolute atomic E-state index is 0.150. The van der Waals surface area contributed by atoms with Crippen LogP contribution >= 0.6 is 23.2 Å². The zero-order valence-corrected chi connectivity index (χ0v) is 16.9. The van der Waals surface area contributed by atoms with Gasteiger partial charge in [0, 0.05) is 10.0 Å². The molecule has 0 atom stereocenters. The van der Waals surface area contributed by atoms with E-state index in [1.165, 1.54) is 20.2 Å². The zero-order chi connectivity index (χ0) is 18.0. The summed E-state index contributed by atoms with van der Waals surface area (Å²) >= 11 is 12.2. The molecular weight excluding hydrogens is 367 g/mol. The van der Waals surface area contributed by atoms with Crippen LogP contribution in [0.2, 0.25) is 10.0 Å².